The molecule has 0 aromatic heterocycles. The number of carbonyl (C=O) groups excluding carboxylic acids is 1. The van der Waals surface area contributed by atoms with Gasteiger partial charge in [0.05, 0.1) is 5.92 Å². The molecule has 1 amide bonds. The van der Waals surface area contributed by atoms with Gasteiger partial charge in [-0.15, -0.1) is 0 Å². The predicted octanol–water partition coefficient (Wildman–Crippen LogP) is 2.51. The van der Waals surface area contributed by atoms with E-state index in [-0.39, 0.29) is 11.8 Å². The van der Waals surface area contributed by atoms with Crippen molar-refractivity contribution >= 4 is 17.5 Å². The summed E-state index contributed by atoms with van der Waals surface area (Å²) >= 11 is 6.08. The molecule has 0 bridgehead atoms. The number of hydrogen-bond acceptors (Lipinski definition) is 2. The molecule has 0 spiro atoms. The van der Waals surface area contributed by atoms with Crippen molar-refractivity contribution in [2.24, 2.45) is 5.92 Å². The fourth-order valence-electron chi connectivity index (χ4n) is 2.14. The van der Waals surface area contributed by atoms with E-state index in [1.165, 1.54) is 0 Å². The first kappa shape index (κ1) is 13.9. The first-order valence-electron chi connectivity index (χ1n) is 6.67. The maximum atomic E-state index is 11.9. The smallest absolute Gasteiger partial charge is 0.225 e. The Kier molecular flexibility index (Phi) is 5.28. The summed E-state index contributed by atoms with van der Waals surface area (Å²) in [5.41, 5.74) is 1.14. The van der Waals surface area contributed by atoms with Crippen LogP contribution in [0.4, 0.5) is 0 Å². The van der Waals surface area contributed by atoms with E-state index in [0.29, 0.717) is 6.54 Å². The number of allylic oxidation sites excluding steroid dienone is 1. The Labute approximate surface area is 119 Å². The Morgan fingerprint density at radius 2 is 2.26 bits per heavy atom. The van der Waals surface area contributed by atoms with Gasteiger partial charge in [0.25, 0.3) is 0 Å². The van der Waals surface area contributed by atoms with Gasteiger partial charge >= 0.3 is 0 Å². The highest BCUT2D eigenvalue weighted by molar-refractivity contribution is 6.31. The summed E-state index contributed by atoms with van der Waals surface area (Å²) in [5, 5.41) is 6.87. The molecule has 1 aliphatic rings. The molecule has 1 heterocycles. The zero-order chi connectivity index (χ0) is 13.5. The lowest BCUT2D eigenvalue weighted by molar-refractivity contribution is -0.124. The summed E-state index contributed by atoms with van der Waals surface area (Å²) in [6.07, 6.45) is 6.52. The van der Waals surface area contributed by atoms with Gasteiger partial charge in [-0.05, 0) is 37.1 Å². The van der Waals surface area contributed by atoms with Gasteiger partial charge in [-0.1, -0.05) is 35.9 Å². The lowest BCUT2D eigenvalue weighted by Crippen LogP contribution is -2.37. The van der Waals surface area contributed by atoms with Crippen molar-refractivity contribution in [3.63, 3.8) is 0 Å². The summed E-state index contributed by atoms with van der Waals surface area (Å²) in [5.74, 6) is 0.196. The second-order valence-electron chi connectivity index (χ2n) is 4.73. The van der Waals surface area contributed by atoms with Crippen LogP contribution in [-0.4, -0.2) is 19.0 Å². The second-order valence-corrected chi connectivity index (χ2v) is 5.14. The van der Waals surface area contributed by atoms with Crippen LogP contribution in [0.2, 0.25) is 5.02 Å². The lowest BCUT2D eigenvalue weighted by atomic mass is 10.0. The molecular formula is C15H19ClN2O. The number of halogens is 1. The van der Waals surface area contributed by atoms with Gasteiger partial charge in [-0.3, -0.25) is 4.79 Å². The standard InChI is InChI=1S/C15H19ClN2O/c16-14-8-2-1-5-12(14)6-4-10-18-15(19)13-7-3-9-17-11-13/h1-3,5,8-9,13,17H,4,6-7,10-11H2,(H,18,19). The molecule has 19 heavy (non-hydrogen) atoms. The minimum atomic E-state index is 0.0605. The number of amides is 1. The maximum Gasteiger partial charge on any atom is 0.225 e. The van der Waals surface area contributed by atoms with Crippen LogP contribution in [0.5, 0.6) is 0 Å². The molecule has 0 radical (unpaired) electrons. The monoisotopic (exact) mass is 278 g/mol. The molecule has 0 fully saturated rings. The van der Waals surface area contributed by atoms with E-state index < -0.39 is 0 Å². The third-order valence-electron chi connectivity index (χ3n) is 3.27. The van der Waals surface area contributed by atoms with E-state index >= 15 is 0 Å². The van der Waals surface area contributed by atoms with Crippen molar-refractivity contribution in [2.75, 3.05) is 13.1 Å². The number of aryl methyl sites for hydroxylation is 1. The van der Waals surface area contributed by atoms with Gasteiger partial charge in [-0.2, -0.15) is 0 Å². The van der Waals surface area contributed by atoms with Crippen molar-refractivity contribution < 1.29 is 4.79 Å². The summed E-state index contributed by atoms with van der Waals surface area (Å²) in [4.78, 5) is 11.9. The third kappa shape index (κ3) is 4.28. The molecule has 3 nitrogen and oxygen atoms in total. The molecule has 1 aliphatic heterocycles. The average molecular weight is 279 g/mol. The van der Waals surface area contributed by atoms with Gasteiger partial charge < -0.3 is 10.6 Å². The highest BCUT2D eigenvalue weighted by Crippen LogP contribution is 2.16. The minimum absolute atomic E-state index is 0.0605. The van der Waals surface area contributed by atoms with E-state index in [0.717, 1.165) is 36.4 Å². The molecule has 0 saturated carbocycles. The van der Waals surface area contributed by atoms with Crippen LogP contribution >= 0.6 is 11.6 Å². The molecule has 2 rings (SSSR count). The number of benzene rings is 1. The lowest BCUT2D eigenvalue weighted by Gasteiger charge is -2.18. The molecule has 102 valence electrons. The first-order chi connectivity index (χ1) is 9.27. The number of hydrogen-bond donors (Lipinski definition) is 2. The summed E-state index contributed by atoms with van der Waals surface area (Å²) in [7, 11) is 0. The normalized spacial score (nSPS) is 17.8. The quantitative estimate of drug-likeness (QED) is 0.813. The van der Waals surface area contributed by atoms with Crippen LogP contribution in [0.25, 0.3) is 0 Å². The van der Waals surface area contributed by atoms with E-state index in [1.54, 1.807) is 0 Å². The topological polar surface area (TPSA) is 41.1 Å². The molecular weight excluding hydrogens is 260 g/mol. The number of carbonyl (C=O) groups is 1. The van der Waals surface area contributed by atoms with Gasteiger partial charge in [0, 0.05) is 18.1 Å². The zero-order valence-electron chi connectivity index (χ0n) is 10.9. The summed E-state index contributed by atoms with van der Waals surface area (Å²) in [6, 6.07) is 7.84. The molecule has 2 N–H and O–H groups in total. The van der Waals surface area contributed by atoms with E-state index in [9.17, 15) is 4.79 Å². The van der Waals surface area contributed by atoms with Crippen molar-refractivity contribution in [1.82, 2.24) is 10.6 Å². The van der Waals surface area contributed by atoms with Crippen LogP contribution in [0, 0.1) is 5.92 Å². The molecule has 0 saturated heterocycles. The van der Waals surface area contributed by atoms with E-state index in [2.05, 4.69) is 10.6 Å². The number of rotatable bonds is 5. The summed E-state index contributed by atoms with van der Waals surface area (Å²) < 4.78 is 0. The van der Waals surface area contributed by atoms with Crippen molar-refractivity contribution in [3.05, 3.63) is 47.1 Å². The third-order valence-corrected chi connectivity index (χ3v) is 3.64. The van der Waals surface area contributed by atoms with Crippen LogP contribution in [0.1, 0.15) is 18.4 Å². The number of nitrogens with one attached hydrogen (secondary N) is 2. The fourth-order valence-corrected chi connectivity index (χ4v) is 2.38. The minimum Gasteiger partial charge on any atom is -0.390 e. The van der Waals surface area contributed by atoms with Gasteiger partial charge in [0.1, 0.15) is 0 Å². The Bertz CT molecular complexity index is 459. The first-order valence-corrected chi connectivity index (χ1v) is 7.04. The van der Waals surface area contributed by atoms with Gasteiger partial charge in [0.15, 0.2) is 0 Å². The Hall–Kier alpha value is -1.48. The Balaban J connectivity index is 1.68. The summed E-state index contributed by atoms with van der Waals surface area (Å²) in [6.45, 7) is 1.43. The Morgan fingerprint density at radius 3 is 3.00 bits per heavy atom. The Morgan fingerprint density at radius 1 is 1.42 bits per heavy atom. The SMILES string of the molecule is O=C(NCCCc1ccccc1Cl)C1CC=CNC1. The van der Waals surface area contributed by atoms with E-state index in [4.69, 9.17) is 11.6 Å². The fraction of sp³-hybridized carbons (Fsp3) is 0.400. The van der Waals surface area contributed by atoms with Crippen molar-refractivity contribution in [2.45, 2.75) is 19.3 Å². The molecule has 0 aliphatic carbocycles. The molecule has 1 unspecified atom stereocenters. The maximum absolute atomic E-state index is 11.9. The highest BCUT2D eigenvalue weighted by Gasteiger charge is 2.17. The van der Waals surface area contributed by atoms with Crippen LogP contribution in [0.3, 0.4) is 0 Å². The van der Waals surface area contributed by atoms with E-state index in [1.807, 2.05) is 36.5 Å². The molecule has 4 heteroatoms. The van der Waals surface area contributed by atoms with Gasteiger partial charge in [0.2, 0.25) is 5.91 Å². The van der Waals surface area contributed by atoms with Gasteiger partial charge in [-0.25, -0.2) is 0 Å². The van der Waals surface area contributed by atoms with Crippen LogP contribution in [-0.2, 0) is 11.2 Å². The predicted molar refractivity (Wildman–Crippen MR) is 78.0 cm³/mol. The van der Waals surface area contributed by atoms with Crippen LogP contribution in [0.15, 0.2) is 36.5 Å². The molecule has 1 aromatic rings. The van der Waals surface area contributed by atoms with Crippen molar-refractivity contribution in [3.8, 4) is 0 Å². The average Bonchev–Trinajstić information content (AvgIpc) is 2.46. The van der Waals surface area contributed by atoms with Crippen molar-refractivity contribution in [1.29, 1.82) is 0 Å². The molecule has 1 atom stereocenters. The zero-order valence-corrected chi connectivity index (χ0v) is 11.6. The van der Waals surface area contributed by atoms with Crippen LogP contribution < -0.4 is 10.6 Å². The highest BCUT2D eigenvalue weighted by atomic mass is 35.5. The second kappa shape index (κ2) is 7.19. The largest absolute Gasteiger partial charge is 0.390 e. The molecule has 1 aromatic carbocycles.